The van der Waals surface area contributed by atoms with Gasteiger partial charge in [0.15, 0.2) is 11.6 Å². The van der Waals surface area contributed by atoms with Gasteiger partial charge in [0.1, 0.15) is 25.2 Å². The molecule has 0 bridgehead atoms. The zero-order valence-corrected chi connectivity index (χ0v) is 15.0. The van der Waals surface area contributed by atoms with Crippen LogP contribution in [0.3, 0.4) is 0 Å². The van der Waals surface area contributed by atoms with E-state index in [1.807, 2.05) is 0 Å². The lowest BCUT2D eigenvalue weighted by Gasteiger charge is -2.18. The van der Waals surface area contributed by atoms with Crippen molar-refractivity contribution in [3.05, 3.63) is 71.0 Å². The van der Waals surface area contributed by atoms with E-state index in [2.05, 4.69) is 10.6 Å². The van der Waals surface area contributed by atoms with Gasteiger partial charge < -0.3 is 20.1 Å². The molecule has 2 aromatic rings. The van der Waals surface area contributed by atoms with Crippen molar-refractivity contribution in [2.75, 3.05) is 13.8 Å². The van der Waals surface area contributed by atoms with Gasteiger partial charge in [-0.25, -0.2) is 18.0 Å². The summed E-state index contributed by atoms with van der Waals surface area (Å²) in [5, 5.41) is 4.65. The maximum absolute atomic E-state index is 13.9. The molecule has 28 heavy (non-hydrogen) atoms. The van der Waals surface area contributed by atoms with Crippen molar-refractivity contribution in [3.63, 3.8) is 0 Å². The molecule has 0 unspecified atom stereocenters. The number of hydrogen-bond acceptors (Lipinski definition) is 4. The van der Waals surface area contributed by atoms with E-state index in [-0.39, 0.29) is 18.9 Å². The summed E-state index contributed by atoms with van der Waals surface area (Å²) in [5.74, 6) is -4.36. The SMILES string of the molecule is COCNC(=O)[C@@H](Cc1cc(F)c(F)cc1F)NC(=O)OCc1ccccc1. The summed E-state index contributed by atoms with van der Waals surface area (Å²) in [4.78, 5) is 24.3. The average molecular weight is 396 g/mol. The molecule has 0 heterocycles. The lowest BCUT2D eigenvalue weighted by molar-refractivity contribution is -0.124. The number of methoxy groups -OCH3 is 1. The fourth-order valence-corrected chi connectivity index (χ4v) is 2.32. The molecule has 6 nitrogen and oxygen atoms in total. The molecule has 150 valence electrons. The summed E-state index contributed by atoms with van der Waals surface area (Å²) >= 11 is 0. The summed E-state index contributed by atoms with van der Waals surface area (Å²) in [6.07, 6.45) is -1.34. The normalized spacial score (nSPS) is 11.6. The smallest absolute Gasteiger partial charge is 0.408 e. The Morgan fingerprint density at radius 3 is 2.39 bits per heavy atom. The van der Waals surface area contributed by atoms with Crippen LogP contribution < -0.4 is 10.6 Å². The molecule has 1 atom stereocenters. The Morgan fingerprint density at radius 2 is 1.71 bits per heavy atom. The van der Waals surface area contributed by atoms with E-state index in [1.165, 1.54) is 7.11 Å². The Bertz CT molecular complexity index is 818. The minimum absolute atomic E-state index is 0.0430. The van der Waals surface area contributed by atoms with Crippen molar-refractivity contribution < 1.29 is 32.2 Å². The van der Waals surface area contributed by atoms with Crippen LogP contribution in [-0.4, -0.2) is 31.9 Å². The standard InChI is InChI=1S/C19H19F3N2O4/c1-27-11-23-18(25)17(8-13-7-15(21)16(22)9-14(13)20)24-19(26)28-10-12-5-3-2-4-6-12/h2-7,9,17H,8,10-11H2,1H3,(H,23,25)(H,24,26)/t17-/m1/s1. The summed E-state index contributed by atoms with van der Waals surface area (Å²) in [7, 11) is 1.34. The molecule has 0 radical (unpaired) electrons. The lowest BCUT2D eigenvalue weighted by atomic mass is 10.0. The van der Waals surface area contributed by atoms with Gasteiger partial charge in [-0.15, -0.1) is 0 Å². The first-order chi connectivity index (χ1) is 13.4. The van der Waals surface area contributed by atoms with Gasteiger partial charge in [0, 0.05) is 19.6 Å². The van der Waals surface area contributed by atoms with Gasteiger partial charge in [0.2, 0.25) is 5.91 Å². The molecule has 9 heteroatoms. The Kier molecular flexibility index (Phi) is 7.82. The number of halogens is 3. The Labute approximate surface area is 159 Å². The predicted molar refractivity (Wildman–Crippen MR) is 93.6 cm³/mol. The highest BCUT2D eigenvalue weighted by atomic mass is 19.2. The van der Waals surface area contributed by atoms with Crippen LogP contribution >= 0.6 is 0 Å². The number of ether oxygens (including phenoxy) is 2. The molecule has 2 amide bonds. The van der Waals surface area contributed by atoms with Gasteiger partial charge in [-0.1, -0.05) is 30.3 Å². The third-order valence-electron chi connectivity index (χ3n) is 3.73. The maximum atomic E-state index is 13.9. The van der Waals surface area contributed by atoms with Crippen LogP contribution in [-0.2, 0) is 27.3 Å². The van der Waals surface area contributed by atoms with E-state index in [4.69, 9.17) is 9.47 Å². The monoisotopic (exact) mass is 396 g/mol. The first-order valence-electron chi connectivity index (χ1n) is 8.28. The van der Waals surface area contributed by atoms with Crippen LogP contribution in [0.25, 0.3) is 0 Å². The minimum atomic E-state index is -1.35. The van der Waals surface area contributed by atoms with Crippen LogP contribution in [0.2, 0.25) is 0 Å². The second kappa shape index (κ2) is 10.3. The van der Waals surface area contributed by atoms with Gasteiger partial charge in [-0.05, 0) is 17.2 Å². The quantitative estimate of drug-likeness (QED) is 0.531. The minimum Gasteiger partial charge on any atom is -0.445 e. The van der Waals surface area contributed by atoms with Crippen LogP contribution in [0, 0.1) is 17.5 Å². The first kappa shape index (κ1) is 21.2. The van der Waals surface area contributed by atoms with Crippen LogP contribution in [0.4, 0.5) is 18.0 Å². The van der Waals surface area contributed by atoms with Crippen molar-refractivity contribution in [1.29, 1.82) is 0 Å². The highest BCUT2D eigenvalue weighted by molar-refractivity contribution is 5.85. The third-order valence-corrected chi connectivity index (χ3v) is 3.73. The number of rotatable bonds is 8. The molecule has 0 aliphatic heterocycles. The van der Waals surface area contributed by atoms with Crippen LogP contribution in [0.5, 0.6) is 0 Å². The number of carbonyl (C=O) groups is 2. The second-order valence-corrected chi connectivity index (χ2v) is 5.79. The molecule has 2 rings (SSSR count). The Hall–Kier alpha value is -3.07. The molecular formula is C19H19F3N2O4. The molecule has 0 aromatic heterocycles. The number of alkyl carbamates (subject to hydrolysis) is 1. The van der Waals surface area contributed by atoms with E-state index in [1.54, 1.807) is 30.3 Å². The molecule has 0 saturated carbocycles. The summed E-state index contributed by atoms with van der Waals surface area (Å²) in [6.45, 7) is -0.199. The number of amides is 2. The average Bonchev–Trinajstić information content (AvgIpc) is 2.68. The molecule has 2 N–H and O–H groups in total. The summed E-state index contributed by atoms with van der Waals surface area (Å²) in [5.41, 5.74) is 0.449. The van der Waals surface area contributed by atoms with Crippen LogP contribution in [0.15, 0.2) is 42.5 Å². The molecule has 0 aliphatic carbocycles. The molecule has 0 spiro atoms. The molecule has 2 aromatic carbocycles. The van der Waals surface area contributed by atoms with E-state index >= 15 is 0 Å². The fraction of sp³-hybridized carbons (Fsp3) is 0.263. The molecule has 0 fully saturated rings. The van der Waals surface area contributed by atoms with Gasteiger partial charge in [-0.3, -0.25) is 4.79 Å². The van der Waals surface area contributed by atoms with Gasteiger partial charge >= 0.3 is 6.09 Å². The second-order valence-electron chi connectivity index (χ2n) is 5.79. The van der Waals surface area contributed by atoms with Gasteiger partial charge in [-0.2, -0.15) is 0 Å². The highest BCUT2D eigenvalue weighted by Gasteiger charge is 2.24. The number of nitrogens with one attached hydrogen (secondary N) is 2. The zero-order valence-electron chi connectivity index (χ0n) is 15.0. The summed E-state index contributed by atoms with van der Waals surface area (Å²) < 4.78 is 50.2. The molecular weight excluding hydrogens is 377 g/mol. The predicted octanol–water partition coefficient (Wildman–Crippen LogP) is 2.66. The van der Waals surface area contributed by atoms with Crippen LogP contribution in [0.1, 0.15) is 11.1 Å². The van der Waals surface area contributed by atoms with E-state index in [0.29, 0.717) is 12.1 Å². The zero-order chi connectivity index (χ0) is 20.5. The highest BCUT2D eigenvalue weighted by Crippen LogP contribution is 2.15. The van der Waals surface area contributed by atoms with Crippen molar-refractivity contribution in [1.82, 2.24) is 10.6 Å². The maximum Gasteiger partial charge on any atom is 0.408 e. The topological polar surface area (TPSA) is 76.7 Å². The Balaban J connectivity index is 2.07. The first-order valence-corrected chi connectivity index (χ1v) is 8.28. The number of hydrogen-bond donors (Lipinski definition) is 2. The van der Waals surface area contributed by atoms with Gasteiger partial charge in [0.05, 0.1) is 0 Å². The van der Waals surface area contributed by atoms with E-state index in [9.17, 15) is 22.8 Å². The van der Waals surface area contributed by atoms with Crippen molar-refractivity contribution in [2.24, 2.45) is 0 Å². The molecule has 0 saturated heterocycles. The Morgan fingerprint density at radius 1 is 1.04 bits per heavy atom. The fourth-order valence-electron chi connectivity index (χ4n) is 2.32. The number of carbonyl (C=O) groups excluding carboxylic acids is 2. The lowest BCUT2D eigenvalue weighted by Crippen LogP contribution is -2.48. The van der Waals surface area contributed by atoms with Crippen molar-refractivity contribution >= 4 is 12.0 Å². The molecule has 0 aliphatic rings. The largest absolute Gasteiger partial charge is 0.445 e. The van der Waals surface area contributed by atoms with E-state index < -0.39 is 41.9 Å². The number of benzene rings is 2. The van der Waals surface area contributed by atoms with Crippen molar-refractivity contribution in [2.45, 2.75) is 19.1 Å². The van der Waals surface area contributed by atoms with Gasteiger partial charge in [0.25, 0.3) is 0 Å². The van der Waals surface area contributed by atoms with E-state index in [0.717, 1.165) is 5.56 Å². The summed E-state index contributed by atoms with van der Waals surface area (Å²) in [6, 6.07) is 8.54. The van der Waals surface area contributed by atoms with Crippen molar-refractivity contribution in [3.8, 4) is 0 Å². The third kappa shape index (κ3) is 6.27.